The van der Waals surface area contributed by atoms with E-state index in [1.54, 1.807) is 0 Å². The Kier molecular flexibility index (Phi) is 4.52. The van der Waals surface area contributed by atoms with Crippen LogP contribution in [-0.4, -0.2) is 34.3 Å². The van der Waals surface area contributed by atoms with E-state index in [2.05, 4.69) is 43.4 Å². The summed E-state index contributed by atoms with van der Waals surface area (Å²) in [6, 6.07) is 0.109. The molecular formula is C15H29N5. The highest BCUT2D eigenvalue weighted by molar-refractivity contribution is 5.24. The van der Waals surface area contributed by atoms with Gasteiger partial charge in [0.05, 0.1) is 17.9 Å². The number of nitrogens with two attached hydrogens (primary N) is 1. The molecule has 20 heavy (non-hydrogen) atoms. The summed E-state index contributed by atoms with van der Waals surface area (Å²) in [4.78, 5) is 2.36. The number of aromatic nitrogens is 2. The van der Waals surface area contributed by atoms with Gasteiger partial charge in [-0.1, -0.05) is 6.92 Å². The monoisotopic (exact) mass is 279 g/mol. The summed E-state index contributed by atoms with van der Waals surface area (Å²) in [5, 5.41) is 4.39. The average molecular weight is 279 g/mol. The molecule has 1 atom stereocenters. The lowest BCUT2D eigenvalue weighted by Crippen LogP contribution is -2.57. The zero-order chi connectivity index (χ0) is 14.9. The third kappa shape index (κ3) is 2.50. The number of hydrogen-bond acceptors (Lipinski definition) is 4. The van der Waals surface area contributed by atoms with Crippen molar-refractivity contribution in [3.8, 4) is 0 Å². The van der Waals surface area contributed by atoms with Crippen LogP contribution < -0.4 is 11.3 Å². The molecule has 0 bridgehead atoms. The first-order valence-electron chi connectivity index (χ1n) is 7.54. The molecule has 1 aromatic rings. The van der Waals surface area contributed by atoms with Crippen molar-refractivity contribution < 1.29 is 0 Å². The first kappa shape index (κ1) is 15.5. The van der Waals surface area contributed by atoms with Crippen molar-refractivity contribution in [2.75, 3.05) is 14.1 Å². The third-order valence-electron chi connectivity index (χ3n) is 5.19. The molecule has 1 fully saturated rings. The molecule has 1 aliphatic rings. The lowest BCUT2D eigenvalue weighted by molar-refractivity contribution is 0.0398. The van der Waals surface area contributed by atoms with Crippen LogP contribution in [0.4, 0.5) is 0 Å². The Hall–Kier alpha value is -0.910. The standard InChI is InChI=1S/C15H29N5/c1-11-6-8-15(9-7-11,19(3)4)14(18-16)13-12(2)10-17-20(13)5/h10-11,14,18H,6-9,16H2,1-5H3. The fourth-order valence-electron chi connectivity index (χ4n) is 3.72. The minimum Gasteiger partial charge on any atom is -0.302 e. The van der Waals surface area contributed by atoms with Crippen LogP contribution >= 0.6 is 0 Å². The van der Waals surface area contributed by atoms with Gasteiger partial charge in [0.25, 0.3) is 0 Å². The molecule has 1 heterocycles. The molecule has 1 unspecified atom stereocenters. The van der Waals surface area contributed by atoms with Crippen molar-refractivity contribution in [3.05, 3.63) is 17.5 Å². The van der Waals surface area contributed by atoms with Crippen LogP contribution in [0.2, 0.25) is 0 Å². The minimum atomic E-state index is 0.0693. The largest absolute Gasteiger partial charge is 0.302 e. The van der Waals surface area contributed by atoms with Crippen molar-refractivity contribution >= 4 is 0 Å². The van der Waals surface area contributed by atoms with Crippen LogP contribution in [0.1, 0.15) is 49.9 Å². The van der Waals surface area contributed by atoms with E-state index in [0.717, 1.165) is 5.92 Å². The molecule has 3 N–H and O–H groups in total. The SMILES string of the molecule is Cc1cnn(C)c1C(NN)C1(N(C)C)CCC(C)CC1. The van der Waals surface area contributed by atoms with Crippen molar-refractivity contribution in [3.63, 3.8) is 0 Å². The topological polar surface area (TPSA) is 59.1 Å². The number of hydrazine groups is 1. The number of likely N-dealkylation sites (N-methyl/N-ethyl adjacent to an activating group) is 1. The van der Waals surface area contributed by atoms with E-state index in [1.807, 2.05) is 17.9 Å². The quantitative estimate of drug-likeness (QED) is 0.651. The third-order valence-corrected chi connectivity index (χ3v) is 5.19. The van der Waals surface area contributed by atoms with Gasteiger partial charge in [-0.2, -0.15) is 5.10 Å². The summed E-state index contributed by atoms with van der Waals surface area (Å²) in [6.07, 6.45) is 6.77. The lowest BCUT2D eigenvalue weighted by Gasteiger charge is -2.49. The molecule has 0 saturated heterocycles. The molecule has 5 nitrogen and oxygen atoms in total. The lowest BCUT2D eigenvalue weighted by atomic mass is 9.71. The molecule has 1 aliphatic carbocycles. The van der Waals surface area contributed by atoms with Gasteiger partial charge < -0.3 is 4.90 Å². The normalized spacial score (nSPS) is 28.9. The first-order valence-corrected chi connectivity index (χ1v) is 7.54. The molecule has 2 rings (SSSR count). The maximum Gasteiger partial charge on any atom is 0.0814 e. The maximum absolute atomic E-state index is 5.97. The number of aryl methyl sites for hydroxylation is 2. The molecule has 5 heteroatoms. The van der Waals surface area contributed by atoms with E-state index < -0.39 is 0 Å². The second-order valence-corrected chi connectivity index (χ2v) is 6.62. The van der Waals surface area contributed by atoms with Crippen LogP contribution in [-0.2, 0) is 7.05 Å². The summed E-state index contributed by atoms with van der Waals surface area (Å²) in [7, 11) is 6.35. The van der Waals surface area contributed by atoms with Gasteiger partial charge >= 0.3 is 0 Å². The Bertz CT molecular complexity index is 424. The fourth-order valence-corrected chi connectivity index (χ4v) is 3.72. The molecule has 0 spiro atoms. The molecule has 0 aromatic carbocycles. The average Bonchev–Trinajstić information content (AvgIpc) is 2.73. The molecular weight excluding hydrogens is 250 g/mol. The molecule has 114 valence electrons. The Labute approximate surface area is 122 Å². The summed E-state index contributed by atoms with van der Waals surface area (Å²) >= 11 is 0. The molecule has 1 saturated carbocycles. The Morgan fingerprint density at radius 3 is 2.45 bits per heavy atom. The molecule has 0 radical (unpaired) electrons. The van der Waals surface area contributed by atoms with E-state index in [0.29, 0.717) is 0 Å². The summed E-state index contributed by atoms with van der Waals surface area (Å²) in [5.74, 6) is 6.79. The predicted octanol–water partition coefficient (Wildman–Crippen LogP) is 1.74. The summed E-state index contributed by atoms with van der Waals surface area (Å²) < 4.78 is 1.96. The van der Waals surface area contributed by atoms with E-state index in [9.17, 15) is 0 Å². The van der Waals surface area contributed by atoms with Gasteiger partial charge in [0.2, 0.25) is 0 Å². The van der Waals surface area contributed by atoms with Gasteiger partial charge in [-0.05, 0) is 58.2 Å². The van der Waals surface area contributed by atoms with Gasteiger partial charge in [-0.25, -0.2) is 5.43 Å². The van der Waals surface area contributed by atoms with Gasteiger partial charge in [-0.15, -0.1) is 0 Å². The van der Waals surface area contributed by atoms with Gasteiger partial charge in [0, 0.05) is 12.6 Å². The Balaban J connectivity index is 2.41. The van der Waals surface area contributed by atoms with Crippen LogP contribution in [0.25, 0.3) is 0 Å². The highest BCUT2D eigenvalue weighted by Crippen LogP contribution is 2.43. The highest BCUT2D eigenvalue weighted by Gasteiger charge is 2.45. The number of nitrogens with one attached hydrogen (secondary N) is 1. The van der Waals surface area contributed by atoms with Crippen molar-refractivity contribution in [1.82, 2.24) is 20.1 Å². The number of hydrogen-bond donors (Lipinski definition) is 2. The van der Waals surface area contributed by atoms with E-state index in [-0.39, 0.29) is 11.6 Å². The van der Waals surface area contributed by atoms with E-state index in [4.69, 9.17) is 5.84 Å². The second kappa shape index (κ2) is 5.84. The van der Waals surface area contributed by atoms with Crippen molar-refractivity contribution in [2.45, 2.75) is 51.1 Å². The number of nitrogens with zero attached hydrogens (tertiary/aromatic N) is 3. The number of rotatable bonds is 4. The Morgan fingerprint density at radius 1 is 1.45 bits per heavy atom. The van der Waals surface area contributed by atoms with Gasteiger partial charge in [0.1, 0.15) is 0 Å². The van der Waals surface area contributed by atoms with Crippen LogP contribution in [0.15, 0.2) is 6.20 Å². The molecule has 0 aliphatic heterocycles. The second-order valence-electron chi connectivity index (χ2n) is 6.62. The zero-order valence-corrected chi connectivity index (χ0v) is 13.5. The Morgan fingerprint density at radius 2 is 2.05 bits per heavy atom. The van der Waals surface area contributed by atoms with Crippen LogP contribution in [0.5, 0.6) is 0 Å². The van der Waals surface area contributed by atoms with Crippen molar-refractivity contribution in [2.24, 2.45) is 18.8 Å². The minimum absolute atomic E-state index is 0.0693. The predicted molar refractivity (Wildman–Crippen MR) is 82.1 cm³/mol. The smallest absolute Gasteiger partial charge is 0.0814 e. The zero-order valence-electron chi connectivity index (χ0n) is 13.5. The summed E-state index contributed by atoms with van der Waals surface area (Å²) in [5.41, 5.74) is 5.57. The molecule has 0 amide bonds. The van der Waals surface area contributed by atoms with Crippen LogP contribution in [0.3, 0.4) is 0 Å². The van der Waals surface area contributed by atoms with E-state index in [1.165, 1.54) is 36.9 Å². The van der Waals surface area contributed by atoms with E-state index >= 15 is 0 Å². The maximum atomic E-state index is 5.97. The van der Waals surface area contributed by atoms with Gasteiger partial charge in [-0.3, -0.25) is 10.5 Å². The molecule has 1 aromatic heterocycles. The van der Waals surface area contributed by atoms with Crippen LogP contribution in [0, 0.1) is 12.8 Å². The highest BCUT2D eigenvalue weighted by atomic mass is 15.3. The summed E-state index contributed by atoms with van der Waals surface area (Å²) in [6.45, 7) is 4.46. The van der Waals surface area contributed by atoms with Gasteiger partial charge in [0.15, 0.2) is 0 Å². The van der Waals surface area contributed by atoms with Crippen molar-refractivity contribution in [1.29, 1.82) is 0 Å². The first-order chi connectivity index (χ1) is 9.42. The fraction of sp³-hybridized carbons (Fsp3) is 0.800.